The highest BCUT2D eigenvalue weighted by atomic mass is 16.6. The van der Waals surface area contributed by atoms with Gasteiger partial charge in [0.25, 0.3) is 0 Å². The summed E-state index contributed by atoms with van der Waals surface area (Å²) in [5.41, 5.74) is 0.458. The largest absolute Gasteiger partial charge is 0.389 e. The van der Waals surface area contributed by atoms with Crippen LogP contribution in [0.15, 0.2) is 23.8 Å². The summed E-state index contributed by atoms with van der Waals surface area (Å²) in [6.45, 7) is 3.92. The molecule has 1 aliphatic heterocycles. The topological polar surface area (TPSA) is 43.4 Å². The average Bonchev–Trinajstić information content (AvgIpc) is 2.58. The standard InChI is InChI=1S/C14H20O3/c1-3-5-6-7-8-9-10-12-11(4-2)13(15)17-14(12)16/h4,9-10,12H,3,5-8H2,1-2H3. The Bertz CT molecular complexity index is 339. The van der Waals surface area contributed by atoms with Gasteiger partial charge in [-0.05, 0) is 19.8 Å². The first-order valence-corrected chi connectivity index (χ1v) is 6.29. The van der Waals surface area contributed by atoms with Crippen LogP contribution in [0.4, 0.5) is 0 Å². The molecule has 0 saturated carbocycles. The Morgan fingerprint density at radius 3 is 2.65 bits per heavy atom. The van der Waals surface area contributed by atoms with E-state index in [-0.39, 0.29) is 0 Å². The molecule has 0 aliphatic carbocycles. The lowest BCUT2D eigenvalue weighted by atomic mass is 10.0. The number of cyclic esters (lactones) is 2. The molecule has 1 unspecified atom stereocenters. The van der Waals surface area contributed by atoms with E-state index in [0.717, 1.165) is 12.8 Å². The van der Waals surface area contributed by atoms with Crippen molar-refractivity contribution in [2.75, 3.05) is 0 Å². The van der Waals surface area contributed by atoms with E-state index in [0.29, 0.717) is 5.57 Å². The summed E-state index contributed by atoms with van der Waals surface area (Å²) in [6.07, 6.45) is 11.2. The van der Waals surface area contributed by atoms with Crippen LogP contribution in [0.3, 0.4) is 0 Å². The molecule has 1 rings (SSSR count). The van der Waals surface area contributed by atoms with Gasteiger partial charge in [-0.1, -0.05) is 44.4 Å². The molecule has 0 N–H and O–H groups in total. The summed E-state index contributed by atoms with van der Waals surface area (Å²) >= 11 is 0. The average molecular weight is 236 g/mol. The molecule has 0 bridgehead atoms. The predicted octanol–water partition coefficient (Wildman–Crippen LogP) is 3.16. The zero-order valence-electron chi connectivity index (χ0n) is 10.6. The molecule has 0 aromatic carbocycles. The minimum atomic E-state index is -0.502. The van der Waals surface area contributed by atoms with E-state index >= 15 is 0 Å². The van der Waals surface area contributed by atoms with Gasteiger partial charge < -0.3 is 4.74 Å². The number of carbonyl (C=O) groups is 2. The predicted molar refractivity (Wildman–Crippen MR) is 66.2 cm³/mol. The van der Waals surface area contributed by atoms with Crippen molar-refractivity contribution in [2.45, 2.75) is 46.0 Å². The molecule has 3 heteroatoms. The number of ether oxygens (including phenoxy) is 1. The van der Waals surface area contributed by atoms with Crippen molar-refractivity contribution >= 4 is 11.9 Å². The molecule has 0 radical (unpaired) electrons. The molecule has 1 aliphatic rings. The molecule has 1 saturated heterocycles. The van der Waals surface area contributed by atoms with Crippen molar-refractivity contribution in [1.82, 2.24) is 0 Å². The van der Waals surface area contributed by atoms with Crippen LogP contribution in [0.2, 0.25) is 0 Å². The van der Waals surface area contributed by atoms with Crippen LogP contribution in [0.1, 0.15) is 46.0 Å². The molecule has 0 amide bonds. The first kappa shape index (κ1) is 13.7. The fourth-order valence-electron chi connectivity index (χ4n) is 1.87. The Balaban J connectivity index is 2.42. The van der Waals surface area contributed by atoms with Crippen LogP contribution in [0.5, 0.6) is 0 Å². The minimum absolute atomic E-state index is 0.451. The highest BCUT2D eigenvalue weighted by Crippen LogP contribution is 2.24. The maximum absolute atomic E-state index is 11.4. The maximum Gasteiger partial charge on any atom is 0.342 e. The van der Waals surface area contributed by atoms with Crippen molar-refractivity contribution in [3.63, 3.8) is 0 Å². The second-order valence-electron chi connectivity index (χ2n) is 4.21. The van der Waals surface area contributed by atoms with Gasteiger partial charge in [-0.15, -0.1) is 0 Å². The van der Waals surface area contributed by atoms with Gasteiger partial charge in [-0.25, -0.2) is 4.79 Å². The zero-order chi connectivity index (χ0) is 12.7. The van der Waals surface area contributed by atoms with Crippen molar-refractivity contribution < 1.29 is 14.3 Å². The SMILES string of the molecule is CC=C1C(=O)OC(=O)C1C=CCCCCCC. The summed E-state index contributed by atoms with van der Waals surface area (Å²) in [5, 5.41) is 0. The van der Waals surface area contributed by atoms with E-state index in [1.54, 1.807) is 19.1 Å². The molecule has 1 fully saturated rings. The van der Waals surface area contributed by atoms with Crippen molar-refractivity contribution in [1.29, 1.82) is 0 Å². The van der Waals surface area contributed by atoms with E-state index in [2.05, 4.69) is 11.7 Å². The van der Waals surface area contributed by atoms with Gasteiger partial charge >= 0.3 is 11.9 Å². The van der Waals surface area contributed by atoms with E-state index in [1.807, 2.05) is 6.08 Å². The monoisotopic (exact) mass is 236 g/mol. The lowest BCUT2D eigenvalue weighted by Crippen LogP contribution is -2.05. The van der Waals surface area contributed by atoms with Gasteiger partial charge in [0.15, 0.2) is 0 Å². The quantitative estimate of drug-likeness (QED) is 0.234. The van der Waals surface area contributed by atoms with Crippen LogP contribution in [0, 0.1) is 5.92 Å². The molecule has 94 valence electrons. The fraction of sp³-hybridized carbons (Fsp3) is 0.571. The van der Waals surface area contributed by atoms with E-state index in [1.165, 1.54) is 19.3 Å². The highest BCUT2D eigenvalue weighted by Gasteiger charge is 2.36. The van der Waals surface area contributed by atoms with Gasteiger partial charge in [0.1, 0.15) is 5.92 Å². The van der Waals surface area contributed by atoms with E-state index in [9.17, 15) is 9.59 Å². The lowest BCUT2D eigenvalue weighted by Gasteiger charge is -1.98. The lowest BCUT2D eigenvalue weighted by molar-refractivity contribution is -0.152. The Morgan fingerprint density at radius 2 is 2.00 bits per heavy atom. The molecule has 0 spiro atoms. The number of hydrogen-bond donors (Lipinski definition) is 0. The number of esters is 2. The molecular weight excluding hydrogens is 216 g/mol. The number of allylic oxidation sites excluding steroid dienone is 2. The van der Waals surface area contributed by atoms with Crippen molar-refractivity contribution in [2.24, 2.45) is 5.92 Å². The van der Waals surface area contributed by atoms with Gasteiger partial charge in [0, 0.05) is 0 Å². The third-order valence-electron chi connectivity index (χ3n) is 2.88. The number of carbonyl (C=O) groups excluding carboxylic acids is 2. The molecule has 3 nitrogen and oxygen atoms in total. The third kappa shape index (κ3) is 3.84. The van der Waals surface area contributed by atoms with Crippen LogP contribution in [0.25, 0.3) is 0 Å². The van der Waals surface area contributed by atoms with Crippen molar-refractivity contribution in [3.05, 3.63) is 23.8 Å². The van der Waals surface area contributed by atoms with Crippen LogP contribution >= 0.6 is 0 Å². The van der Waals surface area contributed by atoms with E-state index < -0.39 is 17.9 Å². The Labute approximate surface area is 103 Å². The summed E-state index contributed by atoms with van der Waals surface area (Å²) in [7, 11) is 0. The van der Waals surface area contributed by atoms with Crippen LogP contribution in [-0.4, -0.2) is 11.9 Å². The normalized spacial score (nSPS) is 22.7. The van der Waals surface area contributed by atoms with Gasteiger partial charge in [-0.3, -0.25) is 4.79 Å². The Hall–Kier alpha value is -1.38. The zero-order valence-corrected chi connectivity index (χ0v) is 10.6. The van der Waals surface area contributed by atoms with Crippen molar-refractivity contribution in [3.8, 4) is 0 Å². The second kappa shape index (κ2) is 7.05. The van der Waals surface area contributed by atoms with Gasteiger partial charge in [0.2, 0.25) is 0 Å². The molecule has 0 aromatic heterocycles. The second-order valence-corrected chi connectivity index (χ2v) is 4.21. The molecule has 17 heavy (non-hydrogen) atoms. The fourth-order valence-corrected chi connectivity index (χ4v) is 1.87. The van der Waals surface area contributed by atoms with Gasteiger partial charge in [0.05, 0.1) is 5.57 Å². The summed E-state index contributed by atoms with van der Waals surface area (Å²) in [6, 6.07) is 0. The molecule has 0 aromatic rings. The van der Waals surface area contributed by atoms with Gasteiger partial charge in [-0.2, -0.15) is 0 Å². The minimum Gasteiger partial charge on any atom is -0.389 e. The summed E-state index contributed by atoms with van der Waals surface area (Å²) < 4.78 is 4.58. The first-order valence-electron chi connectivity index (χ1n) is 6.29. The van der Waals surface area contributed by atoms with Crippen LogP contribution in [-0.2, 0) is 14.3 Å². The van der Waals surface area contributed by atoms with Crippen LogP contribution < -0.4 is 0 Å². The highest BCUT2D eigenvalue weighted by molar-refractivity contribution is 6.08. The Morgan fingerprint density at radius 1 is 1.24 bits per heavy atom. The first-order chi connectivity index (χ1) is 8.20. The Kier molecular flexibility index (Phi) is 5.67. The third-order valence-corrected chi connectivity index (χ3v) is 2.88. The number of hydrogen-bond acceptors (Lipinski definition) is 3. The summed E-state index contributed by atoms with van der Waals surface area (Å²) in [5.74, 6) is -1.44. The molecule has 1 atom stereocenters. The van der Waals surface area contributed by atoms with E-state index in [4.69, 9.17) is 0 Å². The smallest absolute Gasteiger partial charge is 0.342 e. The molecular formula is C14H20O3. The maximum atomic E-state index is 11.4. The molecule has 1 heterocycles. The number of unbranched alkanes of at least 4 members (excludes halogenated alkanes) is 4. The number of rotatable bonds is 6. The summed E-state index contributed by atoms with van der Waals surface area (Å²) in [4.78, 5) is 22.6.